The summed E-state index contributed by atoms with van der Waals surface area (Å²) in [7, 11) is 1.62. The Hall–Kier alpha value is -1.82. The number of methoxy groups -OCH3 is 1. The molecular weight excluding hydrogens is 306 g/mol. The third kappa shape index (κ3) is 6.00. The minimum Gasteiger partial charge on any atom is -0.481 e. The number of hydrogen-bond donors (Lipinski definition) is 1. The van der Waals surface area contributed by atoms with Crippen LogP contribution in [0, 0.1) is 0 Å². The number of nitrogens with zero attached hydrogens (tertiary/aromatic N) is 2. The number of aromatic nitrogens is 1. The van der Waals surface area contributed by atoms with Gasteiger partial charge in [0.1, 0.15) is 5.60 Å². The molecule has 0 radical (unpaired) electrons. The fourth-order valence-corrected chi connectivity index (χ4v) is 2.74. The van der Waals surface area contributed by atoms with Crippen LogP contribution < -0.4 is 10.1 Å². The molecule has 6 heteroatoms. The Labute approximate surface area is 144 Å². The second-order valence-electron chi connectivity index (χ2n) is 7.18. The van der Waals surface area contributed by atoms with Crippen molar-refractivity contribution in [3.05, 3.63) is 23.9 Å². The zero-order valence-electron chi connectivity index (χ0n) is 15.2. The van der Waals surface area contributed by atoms with Crippen molar-refractivity contribution in [3.63, 3.8) is 0 Å². The number of rotatable bonds is 4. The SMILES string of the molecule is COc1cc(CNC2CCCN(C(=O)OC(C)(C)C)CC2)ccn1. The van der Waals surface area contributed by atoms with Gasteiger partial charge in [-0.25, -0.2) is 9.78 Å². The number of carbonyl (C=O) groups is 1. The van der Waals surface area contributed by atoms with Crippen molar-refractivity contribution in [2.24, 2.45) is 0 Å². The van der Waals surface area contributed by atoms with Crippen molar-refractivity contribution < 1.29 is 14.3 Å². The molecule has 0 bridgehead atoms. The molecule has 24 heavy (non-hydrogen) atoms. The molecule has 0 spiro atoms. The fraction of sp³-hybridized carbons (Fsp3) is 0.667. The van der Waals surface area contributed by atoms with E-state index in [0.717, 1.165) is 44.5 Å². The maximum Gasteiger partial charge on any atom is 0.410 e. The summed E-state index contributed by atoms with van der Waals surface area (Å²) >= 11 is 0. The van der Waals surface area contributed by atoms with Gasteiger partial charge in [-0.1, -0.05) is 0 Å². The van der Waals surface area contributed by atoms with Gasteiger partial charge in [0, 0.05) is 37.9 Å². The van der Waals surface area contributed by atoms with E-state index in [0.29, 0.717) is 11.9 Å². The zero-order chi connectivity index (χ0) is 17.6. The standard InChI is InChI=1S/C18H29N3O3/c1-18(2,3)24-17(22)21-10-5-6-15(8-11-21)20-13-14-7-9-19-16(12-14)23-4/h7,9,12,15,20H,5-6,8,10-11,13H2,1-4H3. The lowest BCUT2D eigenvalue weighted by Crippen LogP contribution is -2.38. The van der Waals surface area contributed by atoms with Crippen molar-refractivity contribution in [2.45, 2.75) is 58.2 Å². The van der Waals surface area contributed by atoms with E-state index in [1.54, 1.807) is 13.3 Å². The molecule has 1 aliphatic heterocycles. The normalized spacial score (nSPS) is 18.8. The molecule has 1 fully saturated rings. The smallest absolute Gasteiger partial charge is 0.410 e. The lowest BCUT2D eigenvalue weighted by atomic mass is 10.1. The molecule has 1 amide bonds. The van der Waals surface area contributed by atoms with Crippen LogP contribution in [-0.2, 0) is 11.3 Å². The van der Waals surface area contributed by atoms with Crippen LogP contribution in [0.3, 0.4) is 0 Å². The van der Waals surface area contributed by atoms with Crippen LogP contribution >= 0.6 is 0 Å². The summed E-state index contributed by atoms with van der Waals surface area (Å²) in [5.74, 6) is 0.631. The van der Waals surface area contributed by atoms with Crippen LogP contribution in [0.25, 0.3) is 0 Å². The summed E-state index contributed by atoms with van der Waals surface area (Å²) in [6.45, 7) is 7.96. The van der Waals surface area contributed by atoms with E-state index in [-0.39, 0.29) is 6.09 Å². The monoisotopic (exact) mass is 335 g/mol. The van der Waals surface area contributed by atoms with E-state index in [1.165, 1.54) is 0 Å². The minimum atomic E-state index is -0.443. The summed E-state index contributed by atoms with van der Waals surface area (Å²) in [5, 5.41) is 3.57. The van der Waals surface area contributed by atoms with Crippen LogP contribution in [0.15, 0.2) is 18.3 Å². The van der Waals surface area contributed by atoms with Crippen LogP contribution in [0.1, 0.15) is 45.6 Å². The third-order valence-corrected chi connectivity index (χ3v) is 3.98. The first-order valence-corrected chi connectivity index (χ1v) is 8.57. The van der Waals surface area contributed by atoms with Crippen molar-refractivity contribution >= 4 is 6.09 Å². The molecule has 1 saturated heterocycles. The van der Waals surface area contributed by atoms with Gasteiger partial charge in [0.05, 0.1) is 7.11 Å². The van der Waals surface area contributed by atoms with E-state index in [9.17, 15) is 4.79 Å². The second-order valence-corrected chi connectivity index (χ2v) is 7.18. The van der Waals surface area contributed by atoms with Gasteiger partial charge in [0.15, 0.2) is 0 Å². The average molecular weight is 335 g/mol. The van der Waals surface area contributed by atoms with Crippen molar-refractivity contribution in [1.82, 2.24) is 15.2 Å². The van der Waals surface area contributed by atoms with E-state index < -0.39 is 5.60 Å². The Morgan fingerprint density at radius 2 is 2.17 bits per heavy atom. The number of likely N-dealkylation sites (tertiary alicyclic amines) is 1. The molecule has 1 aromatic heterocycles. The summed E-state index contributed by atoms with van der Waals surface area (Å²) in [5.41, 5.74) is 0.705. The largest absolute Gasteiger partial charge is 0.481 e. The third-order valence-electron chi connectivity index (χ3n) is 3.98. The first kappa shape index (κ1) is 18.5. The Balaban J connectivity index is 1.81. The molecule has 1 unspecified atom stereocenters. The Kier molecular flexibility index (Phi) is 6.43. The molecule has 6 nitrogen and oxygen atoms in total. The van der Waals surface area contributed by atoms with Gasteiger partial charge in [-0.05, 0) is 51.7 Å². The summed E-state index contributed by atoms with van der Waals surface area (Å²) < 4.78 is 10.6. The van der Waals surface area contributed by atoms with Gasteiger partial charge in [0.25, 0.3) is 0 Å². The first-order chi connectivity index (χ1) is 11.4. The second kappa shape index (κ2) is 8.33. The van der Waals surface area contributed by atoms with Gasteiger partial charge in [0.2, 0.25) is 5.88 Å². The number of ether oxygens (including phenoxy) is 2. The molecule has 1 aromatic rings. The van der Waals surface area contributed by atoms with Gasteiger partial charge < -0.3 is 19.7 Å². The molecular formula is C18H29N3O3. The molecule has 0 aliphatic carbocycles. The highest BCUT2D eigenvalue weighted by molar-refractivity contribution is 5.68. The van der Waals surface area contributed by atoms with Crippen LogP contribution in [0.5, 0.6) is 5.88 Å². The Bertz CT molecular complexity index is 543. The molecule has 0 aromatic carbocycles. The lowest BCUT2D eigenvalue weighted by molar-refractivity contribution is 0.0256. The number of amides is 1. The maximum atomic E-state index is 12.2. The Morgan fingerprint density at radius 3 is 2.88 bits per heavy atom. The minimum absolute atomic E-state index is 0.206. The predicted molar refractivity (Wildman–Crippen MR) is 93.1 cm³/mol. The summed E-state index contributed by atoms with van der Waals surface area (Å²) in [6.07, 6.45) is 4.52. The number of pyridine rings is 1. The maximum absolute atomic E-state index is 12.2. The molecule has 2 heterocycles. The highest BCUT2D eigenvalue weighted by Gasteiger charge is 2.25. The van der Waals surface area contributed by atoms with Crippen LogP contribution in [0.4, 0.5) is 4.79 Å². The lowest BCUT2D eigenvalue weighted by Gasteiger charge is -2.26. The van der Waals surface area contributed by atoms with E-state index in [1.807, 2.05) is 37.8 Å². The van der Waals surface area contributed by atoms with E-state index in [2.05, 4.69) is 10.3 Å². The van der Waals surface area contributed by atoms with Gasteiger partial charge in [-0.15, -0.1) is 0 Å². The van der Waals surface area contributed by atoms with E-state index in [4.69, 9.17) is 9.47 Å². The molecule has 134 valence electrons. The quantitative estimate of drug-likeness (QED) is 0.916. The van der Waals surface area contributed by atoms with Crippen LogP contribution in [0.2, 0.25) is 0 Å². The van der Waals surface area contributed by atoms with Crippen molar-refractivity contribution in [3.8, 4) is 5.88 Å². The number of nitrogens with one attached hydrogen (secondary N) is 1. The average Bonchev–Trinajstić information content (AvgIpc) is 2.77. The highest BCUT2D eigenvalue weighted by atomic mass is 16.6. The molecule has 1 atom stereocenters. The number of carbonyl (C=O) groups excluding carboxylic acids is 1. The first-order valence-electron chi connectivity index (χ1n) is 8.57. The van der Waals surface area contributed by atoms with Crippen LogP contribution in [-0.4, -0.2) is 47.8 Å². The molecule has 0 saturated carbocycles. The molecule has 2 rings (SSSR count). The number of hydrogen-bond acceptors (Lipinski definition) is 5. The van der Waals surface area contributed by atoms with Crippen molar-refractivity contribution in [1.29, 1.82) is 0 Å². The molecule has 1 N–H and O–H groups in total. The molecule has 1 aliphatic rings. The zero-order valence-corrected chi connectivity index (χ0v) is 15.2. The Morgan fingerprint density at radius 1 is 1.38 bits per heavy atom. The summed E-state index contributed by atoms with van der Waals surface area (Å²) in [4.78, 5) is 18.1. The van der Waals surface area contributed by atoms with Crippen molar-refractivity contribution in [2.75, 3.05) is 20.2 Å². The van der Waals surface area contributed by atoms with Gasteiger partial charge in [-0.2, -0.15) is 0 Å². The highest BCUT2D eigenvalue weighted by Crippen LogP contribution is 2.16. The van der Waals surface area contributed by atoms with Gasteiger partial charge in [-0.3, -0.25) is 0 Å². The van der Waals surface area contributed by atoms with Gasteiger partial charge >= 0.3 is 6.09 Å². The topological polar surface area (TPSA) is 63.7 Å². The fourth-order valence-electron chi connectivity index (χ4n) is 2.74. The predicted octanol–water partition coefficient (Wildman–Crippen LogP) is 2.97. The van der Waals surface area contributed by atoms with E-state index >= 15 is 0 Å². The summed E-state index contributed by atoms with van der Waals surface area (Å²) in [6, 6.07) is 4.33.